The number of benzene rings is 1. The van der Waals surface area contributed by atoms with Crippen molar-refractivity contribution in [2.24, 2.45) is 0 Å². The molecule has 23 heavy (non-hydrogen) atoms. The molecule has 0 aliphatic rings. The second-order valence-electron chi connectivity index (χ2n) is 5.37. The topological polar surface area (TPSA) is 123 Å². The molecule has 3 rings (SSSR count). The van der Waals surface area contributed by atoms with Crippen LogP contribution in [0.25, 0.3) is 11.0 Å². The van der Waals surface area contributed by atoms with E-state index in [9.17, 15) is 13.2 Å². The lowest BCUT2D eigenvalue weighted by Gasteiger charge is -2.07. The zero-order valence-corrected chi connectivity index (χ0v) is 13.5. The molecule has 0 spiro atoms. The van der Waals surface area contributed by atoms with Gasteiger partial charge in [-0.25, -0.2) is 17.9 Å². The zero-order chi connectivity index (χ0) is 16.6. The van der Waals surface area contributed by atoms with E-state index >= 15 is 0 Å². The van der Waals surface area contributed by atoms with Crippen LogP contribution in [-0.2, 0) is 16.4 Å². The highest BCUT2D eigenvalue weighted by Gasteiger charge is 2.21. The molecule has 0 atom stereocenters. The van der Waals surface area contributed by atoms with Gasteiger partial charge in [0.2, 0.25) is 10.0 Å². The maximum atomic E-state index is 12.3. The standard InChI is InChI=1S/C14H17N5O3S/c1-8-13(9(2)19-18-8)23(21,22)15-6-5-10-3-4-11-12(7-10)17-14(20)16-11/h3-4,7,15H,5-6H2,1-2H3,(H,18,19)(H2,16,17,20). The summed E-state index contributed by atoms with van der Waals surface area (Å²) in [5.74, 6) is 0. The number of fused-ring (bicyclic) bond motifs is 1. The number of nitrogens with zero attached hydrogens (tertiary/aromatic N) is 1. The van der Waals surface area contributed by atoms with E-state index in [2.05, 4.69) is 24.9 Å². The van der Waals surface area contributed by atoms with Gasteiger partial charge in [-0.05, 0) is 38.0 Å². The van der Waals surface area contributed by atoms with Crippen molar-refractivity contribution >= 4 is 21.1 Å². The molecule has 0 bridgehead atoms. The Kier molecular flexibility index (Phi) is 3.82. The number of imidazole rings is 1. The van der Waals surface area contributed by atoms with Gasteiger partial charge in [-0.15, -0.1) is 0 Å². The summed E-state index contributed by atoms with van der Waals surface area (Å²) in [7, 11) is -3.59. The molecular formula is C14H17N5O3S. The van der Waals surface area contributed by atoms with Gasteiger partial charge in [0.15, 0.2) is 0 Å². The molecule has 0 amide bonds. The van der Waals surface area contributed by atoms with E-state index in [0.717, 1.165) is 11.1 Å². The molecule has 0 radical (unpaired) electrons. The first-order valence-corrected chi connectivity index (χ1v) is 8.57. The van der Waals surface area contributed by atoms with Crippen LogP contribution in [0.4, 0.5) is 0 Å². The van der Waals surface area contributed by atoms with Crippen LogP contribution in [0.5, 0.6) is 0 Å². The van der Waals surface area contributed by atoms with Crippen LogP contribution in [-0.4, -0.2) is 35.1 Å². The Morgan fingerprint density at radius 2 is 1.91 bits per heavy atom. The molecule has 0 saturated heterocycles. The number of aromatic amines is 3. The van der Waals surface area contributed by atoms with E-state index in [-0.39, 0.29) is 17.1 Å². The van der Waals surface area contributed by atoms with E-state index in [4.69, 9.17) is 0 Å². The number of nitrogens with one attached hydrogen (secondary N) is 4. The normalized spacial score (nSPS) is 12.1. The molecule has 0 aliphatic carbocycles. The summed E-state index contributed by atoms with van der Waals surface area (Å²) in [4.78, 5) is 16.8. The van der Waals surface area contributed by atoms with Crippen molar-refractivity contribution in [3.05, 3.63) is 45.6 Å². The van der Waals surface area contributed by atoms with E-state index in [1.165, 1.54) is 0 Å². The molecule has 0 unspecified atom stereocenters. The molecule has 0 aliphatic heterocycles. The molecule has 1 aromatic carbocycles. The smallest absolute Gasteiger partial charge is 0.306 e. The largest absolute Gasteiger partial charge is 0.323 e. The van der Waals surface area contributed by atoms with Crippen molar-refractivity contribution in [2.45, 2.75) is 25.2 Å². The Labute approximate surface area is 132 Å². The number of rotatable bonds is 5. The average Bonchev–Trinajstić information content (AvgIpc) is 3.00. The molecule has 2 aromatic heterocycles. The molecule has 8 nitrogen and oxygen atoms in total. The lowest BCUT2D eigenvalue weighted by molar-refractivity contribution is 0.580. The molecule has 122 valence electrons. The highest BCUT2D eigenvalue weighted by atomic mass is 32.2. The Hall–Kier alpha value is -2.39. The molecule has 2 heterocycles. The summed E-state index contributed by atoms with van der Waals surface area (Å²) in [5, 5.41) is 6.57. The number of H-pyrrole nitrogens is 3. The van der Waals surface area contributed by atoms with Gasteiger partial charge in [0.1, 0.15) is 4.90 Å². The monoisotopic (exact) mass is 335 g/mol. The van der Waals surface area contributed by atoms with Crippen molar-refractivity contribution in [2.75, 3.05) is 6.54 Å². The van der Waals surface area contributed by atoms with Crippen molar-refractivity contribution in [1.82, 2.24) is 24.9 Å². The quantitative estimate of drug-likeness (QED) is 0.548. The summed E-state index contributed by atoms with van der Waals surface area (Å²) >= 11 is 0. The van der Waals surface area contributed by atoms with Crippen LogP contribution in [0, 0.1) is 13.8 Å². The Balaban J connectivity index is 1.71. The third-order valence-corrected chi connectivity index (χ3v) is 5.34. The van der Waals surface area contributed by atoms with E-state index in [1.54, 1.807) is 19.9 Å². The van der Waals surface area contributed by atoms with Gasteiger partial charge in [0.05, 0.1) is 22.4 Å². The average molecular weight is 335 g/mol. The van der Waals surface area contributed by atoms with Gasteiger partial charge in [-0.3, -0.25) is 5.10 Å². The Bertz CT molecular complexity index is 993. The maximum absolute atomic E-state index is 12.3. The van der Waals surface area contributed by atoms with E-state index < -0.39 is 10.0 Å². The van der Waals surface area contributed by atoms with Gasteiger partial charge in [-0.1, -0.05) is 6.07 Å². The lowest BCUT2D eigenvalue weighted by Crippen LogP contribution is -2.26. The molecule has 4 N–H and O–H groups in total. The molecule has 9 heteroatoms. The van der Waals surface area contributed by atoms with Gasteiger partial charge < -0.3 is 9.97 Å². The van der Waals surface area contributed by atoms with Crippen LogP contribution in [0.2, 0.25) is 0 Å². The van der Waals surface area contributed by atoms with E-state index in [1.807, 2.05) is 12.1 Å². The second kappa shape index (κ2) is 5.67. The van der Waals surface area contributed by atoms with Crippen LogP contribution in [0.3, 0.4) is 0 Å². The first-order chi connectivity index (χ1) is 10.9. The number of sulfonamides is 1. The fraction of sp³-hybridized carbons (Fsp3) is 0.286. The maximum Gasteiger partial charge on any atom is 0.323 e. The summed E-state index contributed by atoms with van der Waals surface area (Å²) in [6.07, 6.45) is 0.512. The first-order valence-electron chi connectivity index (χ1n) is 7.09. The molecular weight excluding hydrogens is 318 g/mol. The summed E-state index contributed by atoms with van der Waals surface area (Å²) in [5.41, 5.74) is 3.06. The summed E-state index contributed by atoms with van der Waals surface area (Å²) < 4.78 is 27.2. The number of hydrogen-bond donors (Lipinski definition) is 4. The third-order valence-electron chi connectivity index (χ3n) is 3.62. The first kappa shape index (κ1) is 15.5. The van der Waals surface area contributed by atoms with Gasteiger partial charge in [-0.2, -0.15) is 5.10 Å². The Morgan fingerprint density at radius 1 is 1.17 bits per heavy atom. The van der Waals surface area contributed by atoms with Crippen LogP contribution in [0.15, 0.2) is 27.9 Å². The molecule has 0 fully saturated rings. The summed E-state index contributed by atoms with van der Waals surface area (Å²) in [6.45, 7) is 3.57. The second-order valence-corrected chi connectivity index (χ2v) is 7.07. The lowest BCUT2D eigenvalue weighted by atomic mass is 10.1. The predicted molar refractivity (Wildman–Crippen MR) is 85.9 cm³/mol. The van der Waals surface area contributed by atoms with E-state index in [0.29, 0.717) is 23.3 Å². The molecule has 0 saturated carbocycles. The van der Waals surface area contributed by atoms with Gasteiger partial charge >= 0.3 is 5.69 Å². The van der Waals surface area contributed by atoms with Gasteiger partial charge in [0, 0.05) is 6.54 Å². The van der Waals surface area contributed by atoms with Crippen LogP contribution in [0.1, 0.15) is 17.0 Å². The Morgan fingerprint density at radius 3 is 2.61 bits per heavy atom. The number of hydrogen-bond acceptors (Lipinski definition) is 4. The highest BCUT2D eigenvalue weighted by Crippen LogP contribution is 2.16. The van der Waals surface area contributed by atoms with Crippen LogP contribution >= 0.6 is 0 Å². The van der Waals surface area contributed by atoms with Crippen molar-refractivity contribution in [3.63, 3.8) is 0 Å². The summed E-state index contributed by atoms with van der Waals surface area (Å²) in [6, 6.07) is 5.48. The van der Waals surface area contributed by atoms with Gasteiger partial charge in [0.25, 0.3) is 0 Å². The molecule has 3 aromatic rings. The zero-order valence-electron chi connectivity index (χ0n) is 12.7. The number of aryl methyl sites for hydroxylation is 2. The predicted octanol–water partition coefficient (Wildman–Crippen LogP) is 0.717. The minimum absolute atomic E-state index is 0.197. The minimum Gasteiger partial charge on any atom is -0.306 e. The van der Waals surface area contributed by atoms with Crippen molar-refractivity contribution in [3.8, 4) is 0 Å². The van der Waals surface area contributed by atoms with Crippen LogP contribution < -0.4 is 10.4 Å². The fourth-order valence-electron chi connectivity index (χ4n) is 2.57. The third kappa shape index (κ3) is 3.06. The fourth-order valence-corrected chi connectivity index (χ4v) is 3.97. The highest BCUT2D eigenvalue weighted by molar-refractivity contribution is 7.89. The minimum atomic E-state index is -3.59. The van der Waals surface area contributed by atoms with Crippen molar-refractivity contribution < 1.29 is 8.42 Å². The number of aromatic nitrogens is 4. The SMILES string of the molecule is Cc1n[nH]c(C)c1S(=O)(=O)NCCc1ccc2[nH]c(=O)[nH]c2c1. The van der Waals surface area contributed by atoms with Crippen molar-refractivity contribution in [1.29, 1.82) is 0 Å².